The Balaban J connectivity index is 1.27. The summed E-state index contributed by atoms with van der Waals surface area (Å²) < 4.78 is 6.67. The summed E-state index contributed by atoms with van der Waals surface area (Å²) in [5.74, 6) is 1.58. The van der Waals surface area contributed by atoms with E-state index in [2.05, 4.69) is 22.2 Å². The van der Waals surface area contributed by atoms with Gasteiger partial charge in [0.05, 0.1) is 10.4 Å². The first-order valence-corrected chi connectivity index (χ1v) is 13.2. The van der Waals surface area contributed by atoms with Crippen LogP contribution >= 0.6 is 23.1 Å². The Morgan fingerprint density at radius 3 is 2.79 bits per heavy atom. The van der Waals surface area contributed by atoms with Gasteiger partial charge in [-0.3, -0.25) is 9.59 Å². The molecule has 2 aliphatic heterocycles. The largest absolute Gasteiger partial charge is 0.381 e. The van der Waals surface area contributed by atoms with E-state index in [1.165, 1.54) is 10.3 Å². The maximum atomic E-state index is 13.0. The predicted molar refractivity (Wildman–Crippen MR) is 134 cm³/mol. The molecule has 0 radical (unpaired) electrons. The van der Waals surface area contributed by atoms with Crippen LogP contribution in [-0.4, -0.2) is 59.8 Å². The van der Waals surface area contributed by atoms with Gasteiger partial charge in [0.25, 0.3) is 5.91 Å². The number of rotatable bonds is 8. The van der Waals surface area contributed by atoms with Crippen molar-refractivity contribution in [1.82, 2.24) is 9.88 Å². The van der Waals surface area contributed by atoms with Crippen LogP contribution in [0.1, 0.15) is 36.0 Å². The second-order valence-corrected chi connectivity index (χ2v) is 10.7. The van der Waals surface area contributed by atoms with Crippen molar-refractivity contribution in [1.29, 1.82) is 0 Å². The molecule has 1 aromatic heterocycles. The third-order valence-corrected chi connectivity index (χ3v) is 8.26. The number of carbonyl (C=O) groups is 2. The molecule has 2 aliphatic rings. The van der Waals surface area contributed by atoms with E-state index in [1.54, 1.807) is 35.6 Å². The molecule has 1 atom stereocenters. The summed E-state index contributed by atoms with van der Waals surface area (Å²) in [7, 11) is 0. The van der Waals surface area contributed by atoms with Crippen LogP contribution < -0.4 is 10.6 Å². The highest BCUT2D eigenvalue weighted by Crippen LogP contribution is 2.32. The number of carbonyl (C=O) groups excluding carboxylic acids is 2. The van der Waals surface area contributed by atoms with Crippen LogP contribution in [0.2, 0.25) is 0 Å². The maximum Gasteiger partial charge on any atom is 0.253 e. The van der Waals surface area contributed by atoms with E-state index in [0.717, 1.165) is 62.2 Å². The third-order valence-electron chi connectivity index (χ3n) is 5.91. The van der Waals surface area contributed by atoms with Gasteiger partial charge >= 0.3 is 0 Å². The number of thiazole rings is 1. The molecule has 2 fully saturated rings. The summed E-state index contributed by atoms with van der Waals surface area (Å²) in [6, 6.07) is 7.17. The van der Waals surface area contributed by atoms with Gasteiger partial charge in [-0.25, -0.2) is 4.98 Å². The zero-order chi connectivity index (χ0) is 23.0. The minimum Gasteiger partial charge on any atom is -0.381 e. The minimum absolute atomic E-state index is 0.00921. The molecule has 4 rings (SSSR count). The highest BCUT2D eigenvalue weighted by Gasteiger charge is 2.25. The lowest BCUT2D eigenvalue weighted by Crippen LogP contribution is -2.45. The maximum absolute atomic E-state index is 13.0. The van der Waals surface area contributed by atoms with E-state index in [-0.39, 0.29) is 17.9 Å². The van der Waals surface area contributed by atoms with E-state index in [4.69, 9.17) is 4.74 Å². The number of hydrogen-bond donors (Lipinski definition) is 2. The molecule has 2 N–H and O–H groups in total. The fourth-order valence-electron chi connectivity index (χ4n) is 4.03. The van der Waals surface area contributed by atoms with Gasteiger partial charge in [-0.15, -0.1) is 11.8 Å². The number of piperidine rings is 1. The second-order valence-electron chi connectivity index (χ2n) is 8.36. The standard InChI is InChI=1S/C24H30N4O3S2/c1-2-21(29)26-19-7-5-18(6-8-19)23(30)28-11-3-4-20(15-28)27-24-25-14-22(33-24)32-16-17-9-12-31-13-10-17/h2,5-8,14,17,20H,1,3-4,9-13,15-16H2,(H,25,27)(H,26,29)/t20-/m1/s1. The van der Waals surface area contributed by atoms with E-state index in [9.17, 15) is 9.59 Å². The highest BCUT2D eigenvalue weighted by molar-refractivity contribution is 8.01. The van der Waals surface area contributed by atoms with Crippen LogP contribution in [0.25, 0.3) is 0 Å². The summed E-state index contributed by atoms with van der Waals surface area (Å²) in [4.78, 5) is 30.9. The number of anilines is 2. The monoisotopic (exact) mass is 486 g/mol. The van der Waals surface area contributed by atoms with E-state index >= 15 is 0 Å². The molecular weight excluding hydrogens is 456 g/mol. The second kappa shape index (κ2) is 11.7. The molecule has 0 aliphatic carbocycles. The summed E-state index contributed by atoms with van der Waals surface area (Å²) in [6.07, 6.45) is 7.43. The van der Waals surface area contributed by atoms with Crippen LogP contribution in [0.3, 0.4) is 0 Å². The molecule has 176 valence electrons. The highest BCUT2D eigenvalue weighted by atomic mass is 32.2. The van der Waals surface area contributed by atoms with Crippen LogP contribution in [0.15, 0.2) is 47.3 Å². The number of thioether (sulfide) groups is 1. The number of nitrogens with zero attached hydrogens (tertiary/aromatic N) is 2. The van der Waals surface area contributed by atoms with Gasteiger partial charge in [-0.2, -0.15) is 0 Å². The number of hydrogen-bond acceptors (Lipinski definition) is 7. The average Bonchev–Trinajstić information content (AvgIpc) is 3.30. The lowest BCUT2D eigenvalue weighted by atomic mass is 10.0. The number of likely N-dealkylation sites (tertiary alicyclic amines) is 1. The van der Waals surface area contributed by atoms with Gasteiger partial charge in [-0.05, 0) is 61.9 Å². The van der Waals surface area contributed by atoms with Crippen LogP contribution in [0, 0.1) is 5.92 Å². The van der Waals surface area contributed by atoms with Gasteiger partial charge in [0.15, 0.2) is 5.13 Å². The van der Waals surface area contributed by atoms with Gasteiger partial charge in [-0.1, -0.05) is 17.9 Å². The Morgan fingerprint density at radius 1 is 1.24 bits per heavy atom. The van der Waals surface area contributed by atoms with Gasteiger partial charge in [0.2, 0.25) is 5.91 Å². The van der Waals surface area contributed by atoms with Crippen molar-refractivity contribution in [3.05, 3.63) is 48.7 Å². The first-order chi connectivity index (χ1) is 16.1. The third kappa shape index (κ3) is 6.82. The van der Waals surface area contributed by atoms with E-state index in [0.29, 0.717) is 17.8 Å². The van der Waals surface area contributed by atoms with Crippen molar-refractivity contribution in [3.63, 3.8) is 0 Å². The average molecular weight is 487 g/mol. The van der Waals surface area contributed by atoms with E-state index in [1.807, 2.05) is 22.9 Å². The fraction of sp³-hybridized carbons (Fsp3) is 0.458. The number of ether oxygens (including phenoxy) is 1. The molecule has 0 spiro atoms. The number of amides is 2. The number of benzene rings is 1. The topological polar surface area (TPSA) is 83.6 Å². The zero-order valence-electron chi connectivity index (χ0n) is 18.6. The fourth-order valence-corrected chi connectivity index (χ4v) is 6.20. The molecule has 2 amide bonds. The van der Waals surface area contributed by atoms with E-state index < -0.39 is 0 Å². The summed E-state index contributed by atoms with van der Waals surface area (Å²) in [6.45, 7) is 6.60. The zero-order valence-corrected chi connectivity index (χ0v) is 20.3. The molecule has 0 bridgehead atoms. The van der Waals surface area contributed by atoms with Crippen molar-refractivity contribution in [2.24, 2.45) is 5.92 Å². The molecule has 7 nitrogen and oxygen atoms in total. The van der Waals surface area contributed by atoms with Gasteiger partial charge in [0.1, 0.15) is 0 Å². The summed E-state index contributed by atoms with van der Waals surface area (Å²) in [5, 5.41) is 7.15. The first kappa shape index (κ1) is 23.8. The quantitative estimate of drug-likeness (QED) is 0.422. The Morgan fingerprint density at radius 2 is 2.03 bits per heavy atom. The Kier molecular flexibility index (Phi) is 8.41. The molecule has 0 unspecified atom stereocenters. The first-order valence-electron chi connectivity index (χ1n) is 11.4. The van der Waals surface area contributed by atoms with Crippen LogP contribution in [0.4, 0.5) is 10.8 Å². The van der Waals surface area contributed by atoms with Crippen molar-refractivity contribution < 1.29 is 14.3 Å². The number of nitrogens with one attached hydrogen (secondary N) is 2. The Labute approximate surface area is 203 Å². The van der Waals surface area contributed by atoms with Crippen molar-refractivity contribution >= 4 is 45.7 Å². The minimum atomic E-state index is -0.272. The molecule has 2 saturated heterocycles. The Bertz CT molecular complexity index is 957. The predicted octanol–water partition coefficient (Wildman–Crippen LogP) is 4.50. The van der Waals surface area contributed by atoms with Crippen molar-refractivity contribution in [2.75, 3.05) is 42.7 Å². The SMILES string of the molecule is C=CC(=O)Nc1ccc(C(=O)N2CCC[C@@H](Nc3ncc(SCC4CCOCC4)s3)C2)cc1. The molecule has 33 heavy (non-hydrogen) atoms. The lowest BCUT2D eigenvalue weighted by molar-refractivity contribution is -0.111. The summed E-state index contributed by atoms with van der Waals surface area (Å²) >= 11 is 3.58. The molecule has 9 heteroatoms. The number of aromatic nitrogens is 1. The van der Waals surface area contributed by atoms with Gasteiger partial charge < -0.3 is 20.3 Å². The molecule has 2 aromatic rings. The molecule has 3 heterocycles. The molecule has 1 aromatic carbocycles. The normalized spacial score (nSPS) is 19.2. The van der Waals surface area contributed by atoms with Crippen molar-refractivity contribution in [2.45, 2.75) is 35.9 Å². The summed E-state index contributed by atoms with van der Waals surface area (Å²) in [5.41, 5.74) is 1.26. The van der Waals surface area contributed by atoms with Crippen LogP contribution in [-0.2, 0) is 9.53 Å². The Hall–Kier alpha value is -2.36. The smallest absolute Gasteiger partial charge is 0.253 e. The molecule has 0 saturated carbocycles. The lowest BCUT2D eigenvalue weighted by Gasteiger charge is -2.33. The van der Waals surface area contributed by atoms with Crippen molar-refractivity contribution in [3.8, 4) is 0 Å². The van der Waals surface area contributed by atoms with Gasteiger partial charge in [0, 0.05) is 49.3 Å². The van der Waals surface area contributed by atoms with Crippen LogP contribution in [0.5, 0.6) is 0 Å². The molecular formula is C24H30N4O3S2.